The number of fused-ring (bicyclic) bond motifs is 1. The topological polar surface area (TPSA) is 88.5 Å². The number of likely N-dealkylation sites (N-methyl/N-ethyl adjacent to an activating group) is 1. The fourth-order valence-corrected chi connectivity index (χ4v) is 5.79. The van der Waals surface area contributed by atoms with Gasteiger partial charge in [0.25, 0.3) is 11.7 Å². The van der Waals surface area contributed by atoms with E-state index in [4.69, 9.17) is 14.2 Å². The number of likely N-dealkylation sites (tertiary alicyclic amines) is 1. The van der Waals surface area contributed by atoms with Crippen LogP contribution in [-0.4, -0.2) is 65.5 Å². The zero-order valence-electron chi connectivity index (χ0n) is 25.3. The van der Waals surface area contributed by atoms with Crippen molar-refractivity contribution in [2.24, 2.45) is 0 Å². The Balaban J connectivity index is 1.55. The van der Waals surface area contributed by atoms with Gasteiger partial charge in [-0.15, -0.1) is 0 Å². The van der Waals surface area contributed by atoms with Crippen molar-refractivity contribution in [2.45, 2.75) is 52.9 Å². The van der Waals surface area contributed by atoms with Crippen molar-refractivity contribution in [2.75, 3.05) is 32.8 Å². The Hall–Kier alpha value is -4.30. The maximum Gasteiger partial charge on any atom is 0.295 e. The standard InChI is InChI=1S/C35H40N2O6/c1-5-36(6-2)17-18-37-32(25-13-16-29(30(21-25)41-7-3)42-22-24-11-9-8-10-12-24)31(34(39)35(37)40)33(38)26-14-15-28-27(20-26)19-23(4)43-28/h8-16,20-21,23,32,38H,5-7,17-19,22H2,1-4H3/b33-31+/t23-,32-/m1/s1. The van der Waals surface area contributed by atoms with E-state index >= 15 is 0 Å². The molecule has 3 aromatic carbocycles. The summed E-state index contributed by atoms with van der Waals surface area (Å²) in [5, 5.41) is 11.6. The van der Waals surface area contributed by atoms with Crippen molar-refractivity contribution in [3.05, 3.63) is 94.6 Å². The van der Waals surface area contributed by atoms with Crippen LogP contribution >= 0.6 is 0 Å². The molecule has 226 valence electrons. The number of amides is 1. The van der Waals surface area contributed by atoms with E-state index < -0.39 is 17.7 Å². The average Bonchev–Trinajstić information content (AvgIpc) is 3.52. The lowest BCUT2D eigenvalue weighted by Crippen LogP contribution is -2.38. The van der Waals surface area contributed by atoms with Gasteiger partial charge in [0.15, 0.2) is 11.5 Å². The molecule has 1 fully saturated rings. The highest BCUT2D eigenvalue weighted by molar-refractivity contribution is 6.46. The van der Waals surface area contributed by atoms with Gasteiger partial charge in [-0.25, -0.2) is 0 Å². The van der Waals surface area contributed by atoms with Crippen LogP contribution in [0.3, 0.4) is 0 Å². The second-order valence-electron chi connectivity index (χ2n) is 10.9. The minimum Gasteiger partial charge on any atom is -0.507 e. The monoisotopic (exact) mass is 584 g/mol. The molecule has 1 saturated heterocycles. The quantitative estimate of drug-likeness (QED) is 0.165. The first-order valence-corrected chi connectivity index (χ1v) is 15.1. The van der Waals surface area contributed by atoms with Gasteiger partial charge in [-0.1, -0.05) is 50.2 Å². The third-order valence-corrected chi connectivity index (χ3v) is 8.08. The van der Waals surface area contributed by atoms with Crippen molar-refractivity contribution >= 4 is 17.4 Å². The lowest BCUT2D eigenvalue weighted by molar-refractivity contribution is -0.140. The number of aliphatic hydroxyl groups excluding tert-OH is 1. The maximum atomic E-state index is 13.6. The number of rotatable bonds is 12. The maximum absolute atomic E-state index is 13.6. The highest BCUT2D eigenvalue weighted by Gasteiger charge is 2.46. The van der Waals surface area contributed by atoms with Gasteiger partial charge in [-0.05, 0) is 74.0 Å². The van der Waals surface area contributed by atoms with E-state index in [1.54, 1.807) is 11.0 Å². The Labute approximate surface area is 253 Å². The summed E-state index contributed by atoms with van der Waals surface area (Å²) in [5.74, 6) is 0.316. The minimum absolute atomic E-state index is 0.0395. The number of carbonyl (C=O) groups excluding carboxylic acids is 2. The van der Waals surface area contributed by atoms with Gasteiger partial charge in [0.05, 0.1) is 18.2 Å². The van der Waals surface area contributed by atoms with Gasteiger partial charge in [0.2, 0.25) is 0 Å². The zero-order valence-corrected chi connectivity index (χ0v) is 25.3. The predicted octanol–water partition coefficient (Wildman–Crippen LogP) is 5.75. The summed E-state index contributed by atoms with van der Waals surface area (Å²) in [4.78, 5) is 30.9. The number of hydrogen-bond acceptors (Lipinski definition) is 7. The number of nitrogens with zero attached hydrogens (tertiary/aromatic N) is 2. The van der Waals surface area contributed by atoms with Gasteiger partial charge in [0, 0.05) is 25.1 Å². The van der Waals surface area contributed by atoms with Crippen LogP contribution in [0.25, 0.3) is 5.76 Å². The Morgan fingerprint density at radius 2 is 1.74 bits per heavy atom. The molecule has 8 heteroatoms. The van der Waals surface area contributed by atoms with E-state index in [1.807, 2.05) is 74.5 Å². The van der Waals surface area contributed by atoms with Crippen LogP contribution < -0.4 is 14.2 Å². The van der Waals surface area contributed by atoms with E-state index in [0.717, 1.165) is 30.0 Å². The highest BCUT2D eigenvalue weighted by Crippen LogP contribution is 2.43. The largest absolute Gasteiger partial charge is 0.507 e. The summed E-state index contributed by atoms with van der Waals surface area (Å²) in [6.45, 7) is 11.4. The van der Waals surface area contributed by atoms with Crippen LogP contribution in [0.15, 0.2) is 72.3 Å². The molecule has 8 nitrogen and oxygen atoms in total. The van der Waals surface area contributed by atoms with Gasteiger partial charge in [-0.3, -0.25) is 9.59 Å². The number of Topliss-reactive ketones (excluding diaryl/α,β-unsaturated/α-hetero) is 1. The lowest BCUT2D eigenvalue weighted by atomic mass is 9.94. The molecule has 43 heavy (non-hydrogen) atoms. The Morgan fingerprint density at radius 1 is 0.977 bits per heavy atom. The zero-order chi connectivity index (χ0) is 30.5. The summed E-state index contributed by atoms with van der Waals surface area (Å²) >= 11 is 0. The smallest absolute Gasteiger partial charge is 0.295 e. The van der Waals surface area contributed by atoms with Gasteiger partial charge in [0.1, 0.15) is 24.2 Å². The average molecular weight is 585 g/mol. The molecule has 3 aromatic rings. The van der Waals surface area contributed by atoms with E-state index in [9.17, 15) is 14.7 Å². The second kappa shape index (κ2) is 13.3. The fraction of sp³-hybridized carbons (Fsp3) is 0.371. The lowest BCUT2D eigenvalue weighted by Gasteiger charge is -2.28. The molecule has 0 radical (unpaired) electrons. The SMILES string of the molecule is CCOc1cc([C@@H]2/C(=C(\O)c3ccc4c(c3)C[C@@H](C)O4)C(=O)C(=O)N2CCN(CC)CC)ccc1OCc1ccccc1. The number of carbonyl (C=O) groups is 2. The van der Waals surface area contributed by atoms with Crippen LogP contribution in [0.5, 0.6) is 17.2 Å². The Bertz CT molecular complexity index is 1500. The van der Waals surface area contributed by atoms with E-state index in [1.165, 1.54) is 0 Å². The molecule has 0 unspecified atom stereocenters. The first kappa shape index (κ1) is 30.2. The third-order valence-electron chi connectivity index (χ3n) is 8.08. The third kappa shape index (κ3) is 6.39. The van der Waals surface area contributed by atoms with Gasteiger partial charge < -0.3 is 29.1 Å². The highest BCUT2D eigenvalue weighted by atomic mass is 16.5. The molecule has 0 spiro atoms. The van der Waals surface area contributed by atoms with E-state index in [-0.39, 0.29) is 17.4 Å². The normalized spacial score (nSPS) is 19.0. The summed E-state index contributed by atoms with van der Waals surface area (Å²) in [6.07, 6.45) is 0.748. The first-order valence-electron chi connectivity index (χ1n) is 15.1. The van der Waals surface area contributed by atoms with Crippen molar-refractivity contribution in [3.63, 3.8) is 0 Å². The molecule has 1 amide bonds. The Kier molecular flexibility index (Phi) is 9.36. The molecule has 0 aliphatic carbocycles. The van der Waals surface area contributed by atoms with Crippen LogP contribution in [-0.2, 0) is 22.6 Å². The molecular weight excluding hydrogens is 544 g/mol. The number of aliphatic hydroxyl groups is 1. The molecule has 5 rings (SSSR count). The Morgan fingerprint density at radius 3 is 2.47 bits per heavy atom. The summed E-state index contributed by atoms with van der Waals surface area (Å²) in [7, 11) is 0. The molecule has 2 heterocycles. The molecular formula is C35H40N2O6. The van der Waals surface area contributed by atoms with E-state index in [2.05, 4.69) is 18.7 Å². The number of benzene rings is 3. The molecule has 2 aliphatic rings. The second-order valence-corrected chi connectivity index (χ2v) is 10.9. The van der Waals surface area contributed by atoms with Crippen molar-refractivity contribution in [1.29, 1.82) is 0 Å². The molecule has 0 saturated carbocycles. The van der Waals surface area contributed by atoms with Crippen molar-refractivity contribution < 1.29 is 28.9 Å². The number of ether oxygens (including phenoxy) is 3. The van der Waals surface area contributed by atoms with Gasteiger partial charge >= 0.3 is 0 Å². The van der Waals surface area contributed by atoms with Crippen LogP contribution in [0.2, 0.25) is 0 Å². The minimum atomic E-state index is -0.790. The van der Waals surface area contributed by atoms with Crippen LogP contribution in [0.4, 0.5) is 0 Å². The van der Waals surface area contributed by atoms with Gasteiger partial charge in [-0.2, -0.15) is 0 Å². The van der Waals surface area contributed by atoms with Crippen molar-refractivity contribution in [3.8, 4) is 17.2 Å². The van der Waals surface area contributed by atoms with Crippen molar-refractivity contribution in [1.82, 2.24) is 9.80 Å². The molecule has 1 N–H and O–H groups in total. The fourth-order valence-electron chi connectivity index (χ4n) is 5.79. The van der Waals surface area contributed by atoms with Crippen LogP contribution in [0, 0.1) is 0 Å². The number of hydrogen-bond donors (Lipinski definition) is 1. The molecule has 2 aliphatic heterocycles. The summed E-state index contributed by atoms with van der Waals surface area (Å²) in [6, 6.07) is 19.9. The molecule has 0 bridgehead atoms. The molecule has 2 atom stereocenters. The van der Waals surface area contributed by atoms with Crippen LogP contribution in [0.1, 0.15) is 56.0 Å². The number of ketones is 1. The predicted molar refractivity (Wildman–Crippen MR) is 165 cm³/mol. The summed E-state index contributed by atoms with van der Waals surface area (Å²) in [5.41, 5.74) is 3.19. The van der Waals surface area contributed by atoms with E-state index in [0.29, 0.717) is 55.4 Å². The molecule has 0 aromatic heterocycles. The summed E-state index contributed by atoms with van der Waals surface area (Å²) < 4.78 is 17.9. The first-order chi connectivity index (χ1) is 20.8.